The van der Waals surface area contributed by atoms with Gasteiger partial charge in [-0.1, -0.05) is 0 Å². The van der Waals surface area contributed by atoms with Crippen molar-refractivity contribution in [3.05, 3.63) is 59.9 Å². The molecule has 0 atom stereocenters. The van der Waals surface area contributed by atoms with Gasteiger partial charge in [0.05, 0.1) is 5.56 Å². The van der Waals surface area contributed by atoms with Crippen molar-refractivity contribution in [2.75, 3.05) is 11.4 Å². The van der Waals surface area contributed by atoms with Crippen molar-refractivity contribution in [3.63, 3.8) is 0 Å². The Morgan fingerprint density at radius 1 is 1.08 bits per heavy atom. The Kier molecular flexibility index (Phi) is 6.32. The van der Waals surface area contributed by atoms with E-state index in [-0.39, 0.29) is 24.8 Å². The number of hydrogen-bond acceptors (Lipinski definition) is 3. The Morgan fingerprint density at radius 2 is 1.69 bits per heavy atom. The zero-order chi connectivity index (χ0) is 19.2. The smallest absolute Gasteiger partial charge is 0.352 e. The third-order valence-electron chi connectivity index (χ3n) is 3.69. The van der Waals surface area contributed by atoms with Gasteiger partial charge in [0.2, 0.25) is 11.8 Å². The summed E-state index contributed by atoms with van der Waals surface area (Å²) in [4.78, 5) is 28.9. The first-order valence-electron chi connectivity index (χ1n) is 7.88. The predicted molar refractivity (Wildman–Crippen MR) is 90.2 cm³/mol. The molecule has 26 heavy (non-hydrogen) atoms. The topological polar surface area (TPSA) is 62.3 Å². The Morgan fingerprint density at radius 3 is 2.23 bits per heavy atom. The zero-order valence-corrected chi connectivity index (χ0v) is 14.1. The maximum Gasteiger partial charge on any atom is 0.416 e. The number of aromatic nitrogens is 1. The molecule has 1 N–H and O–H groups in total. The number of amides is 2. The largest absolute Gasteiger partial charge is 0.416 e. The predicted octanol–water partition coefficient (Wildman–Crippen LogP) is 3.16. The van der Waals surface area contributed by atoms with Gasteiger partial charge in [-0.3, -0.25) is 14.6 Å². The van der Waals surface area contributed by atoms with Gasteiger partial charge >= 0.3 is 6.18 Å². The molecule has 2 amide bonds. The van der Waals surface area contributed by atoms with Crippen LogP contribution in [0.5, 0.6) is 0 Å². The molecule has 5 nitrogen and oxygen atoms in total. The third kappa shape index (κ3) is 5.58. The summed E-state index contributed by atoms with van der Waals surface area (Å²) in [6, 6.07) is 7.80. The number of pyridine rings is 1. The first-order chi connectivity index (χ1) is 12.3. The highest BCUT2D eigenvalue weighted by atomic mass is 19.4. The Bertz CT molecular complexity index is 747. The van der Waals surface area contributed by atoms with E-state index in [4.69, 9.17) is 0 Å². The summed E-state index contributed by atoms with van der Waals surface area (Å²) >= 11 is 0. The second kappa shape index (κ2) is 8.46. The molecule has 2 aromatic rings. The minimum absolute atomic E-state index is 0.0334. The van der Waals surface area contributed by atoms with E-state index in [2.05, 4.69) is 10.3 Å². The minimum atomic E-state index is -4.44. The van der Waals surface area contributed by atoms with Gasteiger partial charge < -0.3 is 10.2 Å². The lowest BCUT2D eigenvalue weighted by atomic mass is 10.2. The van der Waals surface area contributed by atoms with Crippen LogP contribution in [0.4, 0.5) is 18.9 Å². The van der Waals surface area contributed by atoms with Crippen molar-refractivity contribution in [1.82, 2.24) is 10.3 Å². The number of nitrogens with zero attached hydrogens (tertiary/aromatic N) is 2. The van der Waals surface area contributed by atoms with E-state index < -0.39 is 11.7 Å². The van der Waals surface area contributed by atoms with Crippen LogP contribution in [-0.4, -0.2) is 23.3 Å². The monoisotopic (exact) mass is 365 g/mol. The Hall–Kier alpha value is -2.90. The highest BCUT2D eigenvalue weighted by Gasteiger charge is 2.30. The summed E-state index contributed by atoms with van der Waals surface area (Å²) < 4.78 is 37.9. The molecule has 1 aromatic carbocycles. The number of hydrogen-bond donors (Lipinski definition) is 1. The molecule has 0 aliphatic carbocycles. The number of carbonyl (C=O) groups excluding carboxylic acids is 2. The summed E-state index contributed by atoms with van der Waals surface area (Å²) in [6.45, 7) is 1.71. The molecule has 0 radical (unpaired) electrons. The van der Waals surface area contributed by atoms with E-state index in [9.17, 15) is 22.8 Å². The molecule has 1 aromatic heterocycles. The summed E-state index contributed by atoms with van der Waals surface area (Å²) in [7, 11) is 0. The number of benzene rings is 1. The summed E-state index contributed by atoms with van der Waals surface area (Å²) in [5.41, 5.74) is 0.409. The van der Waals surface area contributed by atoms with Crippen LogP contribution in [-0.2, 0) is 22.3 Å². The second-order valence-electron chi connectivity index (χ2n) is 5.60. The summed E-state index contributed by atoms with van der Waals surface area (Å²) in [5.74, 6) is -0.619. The van der Waals surface area contributed by atoms with E-state index in [0.29, 0.717) is 12.2 Å². The second-order valence-corrected chi connectivity index (χ2v) is 5.60. The number of alkyl halides is 3. The van der Waals surface area contributed by atoms with Gasteiger partial charge in [-0.2, -0.15) is 13.2 Å². The molecule has 0 aliphatic heterocycles. The molecule has 0 saturated heterocycles. The van der Waals surface area contributed by atoms with E-state index in [1.807, 2.05) is 0 Å². The first-order valence-corrected chi connectivity index (χ1v) is 7.88. The van der Waals surface area contributed by atoms with E-state index in [1.54, 1.807) is 24.5 Å². The zero-order valence-electron chi connectivity index (χ0n) is 14.1. The van der Waals surface area contributed by atoms with Gasteiger partial charge in [-0.05, 0) is 42.0 Å². The van der Waals surface area contributed by atoms with Gasteiger partial charge in [0.15, 0.2) is 0 Å². The van der Waals surface area contributed by atoms with Gasteiger partial charge in [0, 0.05) is 44.5 Å². The number of nitrogens with one attached hydrogen (secondary N) is 1. The highest BCUT2D eigenvalue weighted by molar-refractivity contribution is 5.92. The molecular weight excluding hydrogens is 347 g/mol. The SMILES string of the molecule is CC(=O)N(CCC(=O)NCc1ccncc1)c1ccc(C(F)(F)F)cc1. The van der Waals surface area contributed by atoms with Crippen LogP contribution in [0, 0.1) is 0 Å². The van der Waals surface area contributed by atoms with Gasteiger partial charge in [0.25, 0.3) is 0 Å². The quantitative estimate of drug-likeness (QED) is 0.855. The van der Waals surface area contributed by atoms with Crippen LogP contribution in [0.1, 0.15) is 24.5 Å². The number of halogens is 3. The first kappa shape index (κ1) is 19.4. The average molecular weight is 365 g/mol. The van der Waals surface area contributed by atoms with Crippen LogP contribution >= 0.6 is 0 Å². The number of carbonyl (C=O) groups is 2. The molecule has 2 rings (SSSR count). The van der Waals surface area contributed by atoms with Crippen molar-refractivity contribution in [1.29, 1.82) is 0 Å². The lowest BCUT2D eigenvalue weighted by molar-refractivity contribution is -0.137. The van der Waals surface area contributed by atoms with E-state index in [1.165, 1.54) is 24.0 Å². The maximum absolute atomic E-state index is 12.6. The normalized spacial score (nSPS) is 11.1. The van der Waals surface area contributed by atoms with Crippen molar-refractivity contribution < 1.29 is 22.8 Å². The van der Waals surface area contributed by atoms with Gasteiger partial charge in [-0.15, -0.1) is 0 Å². The van der Waals surface area contributed by atoms with Crippen molar-refractivity contribution in [2.45, 2.75) is 26.1 Å². The van der Waals surface area contributed by atoms with Crippen molar-refractivity contribution in [2.24, 2.45) is 0 Å². The Balaban J connectivity index is 1.93. The van der Waals surface area contributed by atoms with Crippen LogP contribution in [0.25, 0.3) is 0 Å². The molecule has 0 fully saturated rings. The minimum Gasteiger partial charge on any atom is -0.352 e. The molecule has 0 spiro atoms. The van der Waals surface area contributed by atoms with Gasteiger partial charge in [-0.25, -0.2) is 0 Å². The summed E-state index contributed by atoms with van der Waals surface area (Å²) in [6.07, 6.45) is -1.18. The lowest BCUT2D eigenvalue weighted by Gasteiger charge is -2.21. The van der Waals surface area contributed by atoms with Gasteiger partial charge in [0.1, 0.15) is 0 Å². The summed E-state index contributed by atoms with van der Waals surface area (Å²) in [5, 5.41) is 2.72. The average Bonchev–Trinajstić information content (AvgIpc) is 2.60. The number of rotatable bonds is 6. The molecule has 138 valence electrons. The standard InChI is InChI=1S/C18H18F3N3O2/c1-13(25)24(16-4-2-15(3-5-16)18(19,20)21)11-8-17(26)23-12-14-6-9-22-10-7-14/h2-7,9-10H,8,11-12H2,1H3,(H,23,26). The molecule has 8 heteroatoms. The van der Waals surface area contributed by atoms with Crippen LogP contribution < -0.4 is 10.2 Å². The number of anilines is 1. The van der Waals surface area contributed by atoms with E-state index >= 15 is 0 Å². The molecule has 0 bridgehead atoms. The van der Waals surface area contributed by atoms with Crippen molar-refractivity contribution >= 4 is 17.5 Å². The maximum atomic E-state index is 12.6. The van der Waals surface area contributed by atoms with Crippen molar-refractivity contribution in [3.8, 4) is 0 Å². The highest BCUT2D eigenvalue weighted by Crippen LogP contribution is 2.30. The van der Waals surface area contributed by atoms with Crippen LogP contribution in [0.2, 0.25) is 0 Å². The van der Waals surface area contributed by atoms with Crippen LogP contribution in [0.15, 0.2) is 48.8 Å². The fraction of sp³-hybridized carbons (Fsp3) is 0.278. The Labute approximate surface area is 148 Å². The molecule has 0 saturated carbocycles. The van der Waals surface area contributed by atoms with E-state index in [0.717, 1.165) is 17.7 Å². The molecule has 1 heterocycles. The molecular formula is C18H18F3N3O2. The lowest BCUT2D eigenvalue weighted by Crippen LogP contribution is -2.33. The molecule has 0 aliphatic rings. The fourth-order valence-electron chi connectivity index (χ4n) is 2.30. The van der Waals surface area contributed by atoms with Crippen LogP contribution in [0.3, 0.4) is 0 Å². The molecule has 0 unspecified atom stereocenters. The third-order valence-corrected chi connectivity index (χ3v) is 3.69. The fourth-order valence-corrected chi connectivity index (χ4v) is 2.30.